The summed E-state index contributed by atoms with van der Waals surface area (Å²) in [7, 11) is 2.15. The van der Waals surface area contributed by atoms with Gasteiger partial charge in [-0.3, -0.25) is 4.79 Å². The molecule has 0 atom stereocenters. The zero-order valence-electron chi connectivity index (χ0n) is 15.1. The Kier molecular flexibility index (Phi) is 4.05. The Hall–Kier alpha value is -2.52. The average molecular weight is 383 g/mol. The maximum absolute atomic E-state index is 12.6. The van der Waals surface area contributed by atoms with Crippen LogP contribution in [0.2, 0.25) is 0 Å². The van der Waals surface area contributed by atoms with Crippen LogP contribution >= 0.6 is 11.3 Å². The van der Waals surface area contributed by atoms with Crippen LogP contribution in [0.3, 0.4) is 0 Å². The predicted molar refractivity (Wildman–Crippen MR) is 105 cm³/mol. The zero-order chi connectivity index (χ0) is 18.4. The van der Waals surface area contributed by atoms with Crippen LogP contribution < -0.4 is 10.2 Å². The molecule has 0 spiro atoms. The van der Waals surface area contributed by atoms with E-state index in [1.54, 1.807) is 4.52 Å². The summed E-state index contributed by atoms with van der Waals surface area (Å²) in [4.78, 5) is 17.9. The van der Waals surface area contributed by atoms with E-state index in [9.17, 15) is 4.79 Å². The molecule has 1 saturated heterocycles. The number of fused-ring (bicyclic) bond motifs is 1. The van der Waals surface area contributed by atoms with E-state index in [4.69, 9.17) is 0 Å². The van der Waals surface area contributed by atoms with Crippen LogP contribution in [-0.4, -0.2) is 63.8 Å². The molecular formula is C18H21N7OS. The molecule has 2 aliphatic rings. The molecule has 5 rings (SSSR count). The Labute approximate surface area is 160 Å². The van der Waals surface area contributed by atoms with Crippen LogP contribution in [0.1, 0.15) is 34.4 Å². The third-order valence-corrected chi connectivity index (χ3v) is 6.04. The number of rotatable bonds is 4. The number of nitrogens with zero attached hydrogens (tertiary/aromatic N) is 6. The molecule has 1 aliphatic heterocycles. The SMILES string of the molecule is CN1CCN(c2ccc(NC(=O)c3nn4c(C5CC5)nnc4s3)cc2)CC1. The van der Waals surface area contributed by atoms with Gasteiger partial charge >= 0.3 is 0 Å². The summed E-state index contributed by atoms with van der Waals surface area (Å²) in [5, 5.41) is 16.1. The lowest BCUT2D eigenvalue weighted by Gasteiger charge is -2.34. The topological polar surface area (TPSA) is 78.7 Å². The Morgan fingerprint density at radius 3 is 2.56 bits per heavy atom. The molecule has 1 N–H and O–H groups in total. The Bertz CT molecular complexity index is 967. The van der Waals surface area contributed by atoms with Crippen molar-refractivity contribution in [1.29, 1.82) is 0 Å². The molecule has 3 heterocycles. The van der Waals surface area contributed by atoms with Gasteiger partial charge in [-0.25, -0.2) is 0 Å². The van der Waals surface area contributed by atoms with Gasteiger partial charge in [-0.15, -0.1) is 15.3 Å². The first kappa shape index (κ1) is 16.6. The minimum absolute atomic E-state index is 0.209. The number of anilines is 2. The van der Waals surface area contributed by atoms with Crippen molar-refractivity contribution in [3.63, 3.8) is 0 Å². The molecular weight excluding hydrogens is 362 g/mol. The van der Waals surface area contributed by atoms with Crippen LogP contribution in [0, 0.1) is 0 Å². The summed E-state index contributed by atoms with van der Waals surface area (Å²) in [5.74, 6) is 1.11. The van der Waals surface area contributed by atoms with E-state index < -0.39 is 0 Å². The second-order valence-corrected chi connectivity index (χ2v) is 8.18. The Morgan fingerprint density at radius 1 is 1.11 bits per heavy atom. The minimum Gasteiger partial charge on any atom is -0.369 e. The van der Waals surface area contributed by atoms with Crippen LogP contribution in [-0.2, 0) is 0 Å². The van der Waals surface area contributed by atoms with E-state index in [0.717, 1.165) is 50.5 Å². The molecule has 9 heteroatoms. The van der Waals surface area contributed by atoms with Crippen LogP contribution in [0.15, 0.2) is 24.3 Å². The molecule has 0 unspecified atom stereocenters. The van der Waals surface area contributed by atoms with E-state index in [0.29, 0.717) is 15.9 Å². The van der Waals surface area contributed by atoms with Gasteiger partial charge in [0.2, 0.25) is 9.97 Å². The molecule has 0 radical (unpaired) electrons. The third kappa shape index (κ3) is 3.28. The number of nitrogens with one attached hydrogen (secondary N) is 1. The van der Waals surface area contributed by atoms with Gasteiger partial charge in [-0.1, -0.05) is 11.3 Å². The van der Waals surface area contributed by atoms with E-state index >= 15 is 0 Å². The van der Waals surface area contributed by atoms with Crippen molar-refractivity contribution in [2.24, 2.45) is 0 Å². The van der Waals surface area contributed by atoms with Crippen LogP contribution in [0.25, 0.3) is 4.96 Å². The number of likely N-dealkylation sites (N-methyl/N-ethyl adjacent to an activating group) is 1. The van der Waals surface area contributed by atoms with Crippen LogP contribution in [0.5, 0.6) is 0 Å². The molecule has 1 aliphatic carbocycles. The molecule has 8 nitrogen and oxygen atoms in total. The normalized spacial score (nSPS) is 18.2. The van der Waals surface area contributed by atoms with E-state index in [2.05, 4.69) is 49.6 Å². The maximum atomic E-state index is 12.6. The van der Waals surface area contributed by atoms with Crippen molar-refractivity contribution in [2.45, 2.75) is 18.8 Å². The standard InChI is InChI=1S/C18H21N7OS/c1-23-8-10-24(11-9-23)14-6-4-13(5-7-14)19-16(26)17-22-25-15(12-2-3-12)20-21-18(25)27-17/h4-7,12H,2-3,8-11H2,1H3,(H,19,26). The van der Waals surface area contributed by atoms with Gasteiger partial charge in [0.05, 0.1) is 0 Å². The van der Waals surface area contributed by atoms with Crippen molar-refractivity contribution in [3.05, 3.63) is 35.1 Å². The molecule has 27 heavy (non-hydrogen) atoms. The molecule has 3 aromatic rings. The minimum atomic E-state index is -0.209. The molecule has 1 amide bonds. The lowest BCUT2D eigenvalue weighted by atomic mass is 10.2. The van der Waals surface area contributed by atoms with Gasteiger partial charge in [0.15, 0.2) is 5.82 Å². The van der Waals surface area contributed by atoms with E-state index in [1.807, 2.05) is 12.1 Å². The zero-order valence-corrected chi connectivity index (χ0v) is 15.9. The van der Waals surface area contributed by atoms with Gasteiger partial charge in [-0.2, -0.15) is 4.52 Å². The summed E-state index contributed by atoms with van der Waals surface area (Å²) >= 11 is 1.27. The van der Waals surface area contributed by atoms with Gasteiger partial charge in [0.1, 0.15) is 0 Å². The first-order chi connectivity index (χ1) is 13.2. The smallest absolute Gasteiger partial charge is 0.286 e. The highest BCUT2D eigenvalue weighted by atomic mass is 32.1. The average Bonchev–Trinajstić information content (AvgIpc) is 3.30. The van der Waals surface area contributed by atoms with Crippen molar-refractivity contribution >= 4 is 33.6 Å². The quantitative estimate of drug-likeness (QED) is 0.743. The van der Waals surface area contributed by atoms with Crippen molar-refractivity contribution in [3.8, 4) is 0 Å². The third-order valence-electron chi connectivity index (χ3n) is 5.15. The number of carbonyl (C=O) groups excluding carboxylic acids is 1. The van der Waals surface area contributed by atoms with Crippen molar-refractivity contribution in [2.75, 3.05) is 43.4 Å². The number of benzene rings is 1. The second kappa shape index (κ2) is 6.58. The highest BCUT2D eigenvalue weighted by Gasteiger charge is 2.30. The van der Waals surface area contributed by atoms with Gasteiger partial charge in [0, 0.05) is 43.5 Å². The van der Waals surface area contributed by atoms with E-state index in [-0.39, 0.29) is 5.91 Å². The summed E-state index contributed by atoms with van der Waals surface area (Å²) < 4.78 is 1.72. The molecule has 2 fully saturated rings. The van der Waals surface area contributed by atoms with Gasteiger partial charge in [-0.05, 0) is 44.2 Å². The first-order valence-corrected chi connectivity index (χ1v) is 10.1. The fourth-order valence-electron chi connectivity index (χ4n) is 3.32. The maximum Gasteiger partial charge on any atom is 0.286 e. The van der Waals surface area contributed by atoms with E-state index in [1.165, 1.54) is 17.0 Å². The molecule has 1 saturated carbocycles. The first-order valence-electron chi connectivity index (χ1n) is 9.24. The number of piperazine rings is 1. The number of aromatic nitrogens is 4. The fraction of sp³-hybridized carbons (Fsp3) is 0.444. The molecule has 1 aromatic carbocycles. The van der Waals surface area contributed by atoms with Crippen LogP contribution in [0.4, 0.5) is 11.4 Å². The second-order valence-electron chi connectivity index (χ2n) is 7.23. The van der Waals surface area contributed by atoms with Crippen molar-refractivity contribution < 1.29 is 4.79 Å². The highest BCUT2D eigenvalue weighted by molar-refractivity contribution is 7.18. The highest BCUT2D eigenvalue weighted by Crippen LogP contribution is 2.39. The Morgan fingerprint density at radius 2 is 1.85 bits per heavy atom. The lowest BCUT2D eigenvalue weighted by Crippen LogP contribution is -2.44. The molecule has 0 bridgehead atoms. The summed E-state index contributed by atoms with van der Waals surface area (Å²) in [6, 6.07) is 8.01. The number of amides is 1. The monoisotopic (exact) mass is 383 g/mol. The lowest BCUT2D eigenvalue weighted by molar-refractivity contribution is 0.102. The van der Waals surface area contributed by atoms with Crippen molar-refractivity contribution in [1.82, 2.24) is 24.7 Å². The molecule has 2 aromatic heterocycles. The fourth-order valence-corrected chi connectivity index (χ4v) is 4.07. The predicted octanol–water partition coefficient (Wildman–Crippen LogP) is 2.07. The summed E-state index contributed by atoms with van der Waals surface area (Å²) in [5.41, 5.74) is 1.96. The number of carbonyl (C=O) groups is 1. The number of hydrogen-bond acceptors (Lipinski definition) is 7. The summed E-state index contributed by atoms with van der Waals surface area (Å²) in [6.07, 6.45) is 2.25. The Balaban J connectivity index is 1.28. The largest absolute Gasteiger partial charge is 0.369 e. The van der Waals surface area contributed by atoms with Gasteiger partial charge < -0.3 is 15.1 Å². The number of hydrogen-bond donors (Lipinski definition) is 1. The van der Waals surface area contributed by atoms with Gasteiger partial charge in [0.25, 0.3) is 5.91 Å². The summed E-state index contributed by atoms with van der Waals surface area (Å²) in [6.45, 7) is 4.20. The molecule has 140 valence electrons.